The number of guanidine groups is 1. The minimum Gasteiger partial charge on any atom is -0.396 e. The van der Waals surface area contributed by atoms with Gasteiger partial charge in [0.25, 0.3) is 0 Å². The summed E-state index contributed by atoms with van der Waals surface area (Å²) in [5.41, 5.74) is 2.44. The minimum absolute atomic E-state index is 0.239. The first-order valence-corrected chi connectivity index (χ1v) is 10.3. The van der Waals surface area contributed by atoms with Gasteiger partial charge in [-0.1, -0.05) is 37.6 Å². The Hall–Kier alpha value is -2.34. The number of aliphatic imine (C=N–C) groups is 1. The topological polar surface area (TPSA) is 74.5 Å². The van der Waals surface area contributed by atoms with Gasteiger partial charge < -0.3 is 20.3 Å². The summed E-state index contributed by atoms with van der Waals surface area (Å²) in [6.07, 6.45) is 6.91. The van der Waals surface area contributed by atoms with Crippen molar-refractivity contribution < 1.29 is 5.11 Å². The summed E-state index contributed by atoms with van der Waals surface area (Å²) in [4.78, 5) is 9.03. The molecule has 2 rings (SSSR count). The van der Waals surface area contributed by atoms with Crippen molar-refractivity contribution in [2.75, 3.05) is 19.7 Å². The van der Waals surface area contributed by atoms with Gasteiger partial charge in [-0.2, -0.15) is 0 Å². The molecule has 0 amide bonds. The molecule has 1 unspecified atom stereocenters. The summed E-state index contributed by atoms with van der Waals surface area (Å²) in [5.74, 6) is 2.32. The highest BCUT2D eigenvalue weighted by molar-refractivity contribution is 5.79. The first-order valence-electron chi connectivity index (χ1n) is 10.3. The number of nitrogens with one attached hydrogen (secondary N) is 2. The van der Waals surface area contributed by atoms with Crippen LogP contribution in [-0.2, 0) is 13.1 Å². The van der Waals surface area contributed by atoms with Gasteiger partial charge >= 0.3 is 0 Å². The van der Waals surface area contributed by atoms with E-state index in [1.165, 1.54) is 11.1 Å². The Morgan fingerprint density at radius 2 is 2.04 bits per heavy atom. The largest absolute Gasteiger partial charge is 0.396 e. The van der Waals surface area contributed by atoms with E-state index >= 15 is 0 Å². The van der Waals surface area contributed by atoms with Gasteiger partial charge in [-0.05, 0) is 43.7 Å². The molecule has 0 spiro atoms. The molecule has 0 fully saturated rings. The third-order valence-electron chi connectivity index (χ3n) is 4.82. The Kier molecular flexibility index (Phi) is 9.55. The summed E-state index contributed by atoms with van der Waals surface area (Å²) in [7, 11) is 0. The van der Waals surface area contributed by atoms with Crippen LogP contribution in [-0.4, -0.2) is 40.3 Å². The van der Waals surface area contributed by atoms with Gasteiger partial charge in [0, 0.05) is 38.6 Å². The van der Waals surface area contributed by atoms with E-state index < -0.39 is 0 Å². The molecule has 2 aromatic rings. The monoisotopic (exact) mass is 385 g/mol. The number of aromatic nitrogens is 2. The lowest BCUT2D eigenvalue weighted by molar-refractivity contribution is 0.251. The van der Waals surface area contributed by atoms with Crippen LogP contribution in [0, 0.1) is 12.8 Å². The fraction of sp³-hybridized carbons (Fsp3) is 0.545. The lowest BCUT2D eigenvalue weighted by Gasteiger charge is -2.18. The number of nitrogens with zero attached hydrogens (tertiary/aromatic N) is 3. The summed E-state index contributed by atoms with van der Waals surface area (Å²) >= 11 is 0. The molecule has 0 aliphatic carbocycles. The van der Waals surface area contributed by atoms with Gasteiger partial charge in [0.05, 0.1) is 6.54 Å². The number of rotatable bonds is 11. The Balaban J connectivity index is 1.97. The molecule has 3 N–H and O–H groups in total. The molecule has 0 bridgehead atoms. The van der Waals surface area contributed by atoms with Crippen molar-refractivity contribution >= 4 is 5.96 Å². The van der Waals surface area contributed by atoms with E-state index in [2.05, 4.69) is 58.3 Å². The SMILES string of the molecule is CCCC(CCO)CNC(=NCc1cccc(Cn2ccnc2C)c1)NCC. The summed E-state index contributed by atoms with van der Waals surface area (Å²) < 4.78 is 2.14. The predicted octanol–water partition coefficient (Wildman–Crippen LogP) is 3.09. The van der Waals surface area contributed by atoms with Crippen LogP contribution in [0.15, 0.2) is 41.7 Å². The standard InChI is InChI=1S/C22H35N5O/c1-4-7-19(10-13-28)15-25-22(23-5-2)26-16-20-8-6-9-21(14-20)17-27-12-11-24-18(27)3/h6,8-9,11-12,14,19,28H,4-5,7,10,13,15-17H2,1-3H3,(H2,23,25,26). The van der Waals surface area contributed by atoms with Crippen LogP contribution >= 0.6 is 0 Å². The normalized spacial score (nSPS) is 12.8. The van der Waals surface area contributed by atoms with E-state index in [0.717, 1.165) is 50.7 Å². The molecule has 0 aliphatic rings. The third kappa shape index (κ3) is 7.35. The van der Waals surface area contributed by atoms with E-state index in [1.54, 1.807) is 0 Å². The van der Waals surface area contributed by atoms with Crippen LogP contribution in [0.25, 0.3) is 0 Å². The Labute approximate surface area is 169 Å². The van der Waals surface area contributed by atoms with Crippen LogP contribution in [0.4, 0.5) is 0 Å². The molecule has 1 aromatic heterocycles. The van der Waals surface area contributed by atoms with E-state index in [-0.39, 0.29) is 6.61 Å². The zero-order chi connectivity index (χ0) is 20.2. The zero-order valence-corrected chi connectivity index (χ0v) is 17.5. The van der Waals surface area contributed by atoms with Crippen molar-refractivity contribution in [2.45, 2.75) is 53.1 Å². The first-order chi connectivity index (χ1) is 13.7. The molecule has 1 aromatic carbocycles. The molecule has 154 valence electrons. The maximum atomic E-state index is 9.24. The molecule has 0 saturated carbocycles. The maximum absolute atomic E-state index is 9.24. The molecule has 0 radical (unpaired) electrons. The van der Waals surface area contributed by atoms with Crippen LogP contribution in [0.2, 0.25) is 0 Å². The quantitative estimate of drug-likeness (QED) is 0.410. The van der Waals surface area contributed by atoms with Crippen LogP contribution in [0.1, 0.15) is 50.1 Å². The van der Waals surface area contributed by atoms with Crippen molar-refractivity contribution in [1.82, 2.24) is 20.2 Å². The van der Waals surface area contributed by atoms with Gasteiger partial charge in [-0.25, -0.2) is 9.98 Å². The number of aliphatic hydroxyl groups excluding tert-OH is 1. The zero-order valence-electron chi connectivity index (χ0n) is 17.5. The van der Waals surface area contributed by atoms with Crippen LogP contribution < -0.4 is 10.6 Å². The molecule has 0 aliphatic heterocycles. The molecule has 1 atom stereocenters. The number of benzene rings is 1. The fourth-order valence-corrected chi connectivity index (χ4v) is 3.29. The van der Waals surface area contributed by atoms with Gasteiger partial charge in [-0.15, -0.1) is 0 Å². The maximum Gasteiger partial charge on any atom is 0.191 e. The fourth-order valence-electron chi connectivity index (χ4n) is 3.29. The van der Waals surface area contributed by atoms with Crippen LogP contribution in [0.3, 0.4) is 0 Å². The first kappa shape index (κ1) is 22.0. The second kappa shape index (κ2) is 12.2. The van der Waals surface area contributed by atoms with E-state index in [0.29, 0.717) is 12.5 Å². The van der Waals surface area contributed by atoms with E-state index in [9.17, 15) is 5.11 Å². The number of aryl methyl sites for hydroxylation is 1. The number of hydrogen-bond acceptors (Lipinski definition) is 3. The smallest absolute Gasteiger partial charge is 0.191 e. The Morgan fingerprint density at radius 3 is 2.71 bits per heavy atom. The number of imidazole rings is 1. The number of hydrogen-bond donors (Lipinski definition) is 3. The van der Waals surface area contributed by atoms with E-state index in [4.69, 9.17) is 4.99 Å². The van der Waals surface area contributed by atoms with Gasteiger partial charge in [0.2, 0.25) is 0 Å². The Bertz CT molecular complexity index is 719. The highest BCUT2D eigenvalue weighted by Gasteiger charge is 2.08. The second-order valence-corrected chi connectivity index (χ2v) is 7.17. The highest BCUT2D eigenvalue weighted by atomic mass is 16.3. The lowest BCUT2D eigenvalue weighted by atomic mass is 10.0. The van der Waals surface area contributed by atoms with Crippen molar-refractivity contribution in [3.05, 3.63) is 53.6 Å². The van der Waals surface area contributed by atoms with Crippen molar-refractivity contribution in [1.29, 1.82) is 0 Å². The molecule has 1 heterocycles. The molecule has 6 heteroatoms. The Morgan fingerprint density at radius 1 is 1.21 bits per heavy atom. The third-order valence-corrected chi connectivity index (χ3v) is 4.82. The summed E-state index contributed by atoms with van der Waals surface area (Å²) in [5, 5.41) is 16.0. The number of aliphatic hydroxyl groups is 1. The molecule has 0 saturated heterocycles. The van der Waals surface area contributed by atoms with Crippen molar-refractivity contribution in [3.63, 3.8) is 0 Å². The van der Waals surface area contributed by atoms with Crippen molar-refractivity contribution in [3.8, 4) is 0 Å². The van der Waals surface area contributed by atoms with E-state index in [1.807, 2.05) is 19.3 Å². The van der Waals surface area contributed by atoms with Gasteiger partial charge in [-0.3, -0.25) is 0 Å². The predicted molar refractivity (Wildman–Crippen MR) is 115 cm³/mol. The molecule has 6 nitrogen and oxygen atoms in total. The lowest BCUT2D eigenvalue weighted by Crippen LogP contribution is -2.40. The summed E-state index contributed by atoms with van der Waals surface area (Å²) in [6.45, 7) is 9.62. The van der Waals surface area contributed by atoms with Gasteiger partial charge in [0.15, 0.2) is 5.96 Å². The van der Waals surface area contributed by atoms with Crippen molar-refractivity contribution in [2.24, 2.45) is 10.9 Å². The van der Waals surface area contributed by atoms with Crippen LogP contribution in [0.5, 0.6) is 0 Å². The molecular weight excluding hydrogens is 350 g/mol. The average Bonchev–Trinajstić information content (AvgIpc) is 3.09. The second-order valence-electron chi connectivity index (χ2n) is 7.17. The van der Waals surface area contributed by atoms with Gasteiger partial charge in [0.1, 0.15) is 5.82 Å². The average molecular weight is 386 g/mol. The molecule has 28 heavy (non-hydrogen) atoms. The molecular formula is C22H35N5O. The minimum atomic E-state index is 0.239. The summed E-state index contributed by atoms with van der Waals surface area (Å²) in [6, 6.07) is 8.55. The highest BCUT2D eigenvalue weighted by Crippen LogP contribution is 2.11.